The number of carbonyl (C=O) groups excluding carboxylic acids is 1. The third-order valence-electron chi connectivity index (χ3n) is 4.36. The smallest absolute Gasteiger partial charge is 0.276 e. The molecule has 0 saturated heterocycles. The van der Waals surface area contributed by atoms with Gasteiger partial charge in [-0.3, -0.25) is 14.3 Å². The zero-order valence-corrected chi connectivity index (χ0v) is 18.1. The highest BCUT2D eigenvalue weighted by molar-refractivity contribution is 7.92. The number of sulfonamides is 1. The third-order valence-corrected chi connectivity index (χ3v) is 5.74. The van der Waals surface area contributed by atoms with Gasteiger partial charge in [0, 0.05) is 18.3 Å². The lowest BCUT2D eigenvalue weighted by Crippen LogP contribution is -2.26. The van der Waals surface area contributed by atoms with Crippen molar-refractivity contribution < 1.29 is 22.3 Å². The maximum Gasteiger partial charge on any atom is 0.276 e. The molecule has 0 aliphatic carbocycles. The summed E-state index contributed by atoms with van der Waals surface area (Å²) in [6.45, 7) is 2.25. The number of aromatic nitrogens is 2. The molecule has 1 aromatic heterocycles. The summed E-state index contributed by atoms with van der Waals surface area (Å²) in [4.78, 5) is 24.2. The predicted molar refractivity (Wildman–Crippen MR) is 117 cm³/mol. The molecule has 3 rings (SSSR count). The van der Waals surface area contributed by atoms with Crippen molar-refractivity contribution in [3.8, 4) is 5.75 Å². The van der Waals surface area contributed by atoms with Crippen molar-refractivity contribution >= 4 is 27.3 Å². The Hall–Kier alpha value is -3.73. The second kappa shape index (κ2) is 9.60. The van der Waals surface area contributed by atoms with Gasteiger partial charge in [0.05, 0.1) is 17.7 Å². The number of hydrogen-bond donors (Lipinski definition) is 2. The number of hydrogen-bond acceptors (Lipinski definition) is 6. The van der Waals surface area contributed by atoms with Crippen LogP contribution in [-0.2, 0) is 16.6 Å². The maximum atomic E-state index is 13.1. The number of nitrogens with one attached hydrogen (secondary N) is 2. The van der Waals surface area contributed by atoms with Crippen LogP contribution in [0, 0.1) is 5.82 Å². The Morgan fingerprint density at radius 1 is 1.12 bits per heavy atom. The van der Waals surface area contributed by atoms with E-state index in [4.69, 9.17) is 4.74 Å². The molecule has 0 spiro atoms. The van der Waals surface area contributed by atoms with Crippen molar-refractivity contribution in [3.05, 3.63) is 76.5 Å². The van der Waals surface area contributed by atoms with Gasteiger partial charge in [-0.25, -0.2) is 17.5 Å². The maximum absolute atomic E-state index is 13.1. The lowest BCUT2D eigenvalue weighted by atomic mass is 10.2. The van der Waals surface area contributed by atoms with Crippen LogP contribution in [0.15, 0.2) is 64.3 Å². The fourth-order valence-electron chi connectivity index (χ4n) is 2.82. The molecule has 2 aromatic carbocycles. The molecule has 9 nitrogen and oxygen atoms in total. The van der Waals surface area contributed by atoms with E-state index in [2.05, 4.69) is 15.1 Å². The van der Waals surface area contributed by atoms with E-state index < -0.39 is 21.7 Å². The minimum Gasteiger partial charge on any atom is -0.495 e. The Morgan fingerprint density at radius 2 is 1.84 bits per heavy atom. The van der Waals surface area contributed by atoms with Gasteiger partial charge in [0.1, 0.15) is 17.3 Å². The van der Waals surface area contributed by atoms with Gasteiger partial charge in [-0.05, 0) is 55.0 Å². The Morgan fingerprint density at radius 3 is 2.50 bits per heavy atom. The molecule has 32 heavy (non-hydrogen) atoms. The zero-order valence-electron chi connectivity index (χ0n) is 17.3. The summed E-state index contributed by atoms with van der Waals surface area (Å²) < 4.78 is 47.2. The zero-order chi connectivity index (χ0) is 23.3. The Labute approximate surface area is 183 Å². The minimum absolute atomic E-state index is 0.0299. The summed E-state index contributed by atoms with van der Waals surface area (Å²) in [6.07, 6.45) is 0.675. The first-order chi connectivity index (χ1) is 15.2. The molecule has 0 radical (unpaired) electrons. The normalized spacial score (nSPS) is 11.1. The number of carbonyl (C=O) groups is 1. The number of amides is 1. The van der Waals surface area contributed by atoms with E-state index in [1.807, 2.05) is 6.92 Å². The molecule has 1 heterocycles. The second-order valence-corrected chi connectivity index (χ2v) is 8.39. The highest BCUT2D eigenvalue weighted by Crippen LogP contribution is 2.30. The second-order valence-electron chi connectivity index (χ2n) is 6.71. The minimum atomic E-state index is -4.04. The molecule has 0 unspecified atom stereocenters. The van der Waals surface area contributed by atoms with Crippen molar-refractivity contribution in [1.29, 1.82) is 0 Å². The van der Waals surface area contributed by atoms with Gasteiger partial charge in [0.2, 0.25) is 0 Å². The van der Waals surface area contributed by atoms with Crippen molar-refractivity contribution in [3.63, 3.8) is 0 Å². The molecular weight excluding hydrogens is 439 g/mol. The molecule has 0 saturated carbocycles. The van der Waals surface area contributed by atoms with Crippen molar-refractivity contribution in [2.24, 2.45) is 0 Å². The summed E-state index contributed by atoms with van der Waals surface area (Å²) in [5, 5.41) is 6.66. The number of rotatable bonds is 8. The monoisotopic (exact) mass is 460 g/mol. The van der Waals surface area contributed by atoms with Crippen LogP contribution >= 0.6 is 0 Å². The number of benzene rings is 2. The van der Waals surface area contributed by atoms with E-state index in [0.29, 0.717) is 13.0 Å². The first-order valence-electron chi connectivity index (χ1n) is 9.59. The highest BCUT2D eigenvalue weighted by Gasteiger charge is 2.18. The SMILES string of the molecule is CCCn1nc(C(=O)Nc2ccc(OC)c(NS(=O)(=O)c3ccc(F)cc3)c2)ccc1=O. The van der Waals surface area contributed by atoms with E-state index in [-0.39, 0.29) is 33.3 Å². The average Bonchev–Trinajstić information content (AvgIpc) is 2.75. The lowest BCUT2D eigenvalue weighted by molar-refractivity contribution is 0.101. The van der Waals surface area contributed by atoms with Crippen molar-refractivity contribution in [2.75, 3.05) is 17.1 Å². The van der Waals surface area contributed by atoms with Gasteiger partial charge in [0.25, 0.3) is 21.5 Å². The summed E-state index contributed by atoms with van der Waals surface area (Å²) in [5.74, 6) is -0.930. The summed E-state index contributed by atoms with van der Waals surface area (Å²) in [6, 6.07) is 11.3. The number of aryl methyl sites for hydroxylation is 1. The molecule has 0 aliphatic heterocycles. The number of nitrogens with zero attached hydrogens (tertiary/aromatic N) is 2. The molecule has 0 bridgehead atoms. The fraction of sp³-hybridized carbons (Fsp3) is 0.190. The molecule has 168 valence electrons. The molecule has 0 aliphatic rings. The highest BCUT2D eigenvalue weighted by atomic mass is 32.2. The predicted octanol–water partition coefficient (Wildman–Crippen LogP) is 2.85. The van der Waals surface area contributed by atoms with Crippen LogP contribution in [0.2, 0.25) is 0 Å². The van der Waals surface area contributed by atoms with Gasteiger partial charge in [-0.1, -0.05) is 6.92 Å². The number of anilines is 2. The third kappa shape index (κ3) is 5.30. The molecular formula is C21H21FN4O5S. The largest absolute Gasteiger partial charge is 0.495 e. The van der Waals surface area contributed by atoms with Gasteiger partial charge in [0.15, 0.2) is 0 Å². The van der Waals surface area contributed by atoms with E-state index in [9.17, 15) is 22.4 Å². The van der Waals surface area contributed by atoms with E-state index >= 15 is 0 Å². The fourth-order valence-corrected chi connectivity index (χ4v) is 3.88. The lowest BCUT2D eigenvalue weighted by Gasteiger charge is -2.14. The average molecular weight is 460 g/mol. The van der Waals surface area contributed by atoms with Crippen LogP contribution in [0.25, 0.3) is 0 Å². The van der Waals surface area contributed by atoms with Crippen LogP contribution in [0.5, 0.6) is 5.75 Å². The standard InChI is InChI=1S/C21H21FN4O5S/c1-3-12-26-20(27)11-9-17(24-26)21(28)23-15-6-10-19(31-2)18(13-15)25-32(29,30)16-7-4-14(22)5-8-16/h4-11,13,25H,3,12H2,1-2H3,(H,23,28). The summed E-state index contributed by atoms with van der Waals surface area (Å²) >= 11 is 0. The van der Waals surface area contributed by atoms with Gasteiger partial charge in [-0.2, -0.15) is 5.10 Å². The number of ether oxygens (including phenoxy) is 1. The van der Waals surface area contributed by atoms with Gasteiger partial charge in [-0.15, -0.1) is 0 Å². The Bertz CT molecular complexity index is 1290. The topological polar surface area (TPSA) is 119 Å². The molecule has 3 aromatic rings. The van der Waals surface area contributed by atoms with Crippen molar-refractivity contribution in [2.45, 2.75) is 24.8 Å². The molecule has 11 heteroatoms. The molecule has 1 amide bonds. The quantitative estimate of drug-likeness (QED) is 0.534. The Balaban J connectivity index is 1.86. The number of halogens is 1. The van der Waals surface area contributed by atoms with Crippen LogP contribution in [-0.4, -0.2) is 31.2 Å². The molecule has 0 atom stereocenters. The first-order valence-corrected chi connectivity index (χ1v) is 11.1. The van der Waals surface area contributed by atoms with E-state index in [0.717, 1.165) is 24.3 Å². The molecule has 0 fully saturated rings. The number of methoxy groups -OCH3 is 1. The molecule has 2 N–H and O–H groups in total. The van der Waals surface area contributed by atoms with Gasteiger partial charge < -0.3 is 10.1 Å². The van der Waals surface area contributed by atoms with Crippen LogP contribution in [0.4, 0.5) is 15.8 Å². The van der Waals surface area contributed by atoms with E-state index in [1.54, 1.807) is 0 Å². The van der Waals surface area contributed by atoms with Crippen LogP contribution < -0.4 is 20.3 Å². The summed E-state index contributed by atoms with van der Waals surface area (Å²) in [7, 11) is -2.67. The summed E-state index contributed by atoms with van der Waals surface area (Å²) in [5.41, 5.74) is 0.0498. The van der Waals surface area contributed by atoms with E-state index in [1.165, 1.54) is 42.1 Å². The van der Waals surface area contributed by atoms with Crippen molar-refractivity contribution in [1.82, 2.24) is 9.78 Å². The Kier molecular flexibility index (Phi) is 6.89. The first kappa shape index (κ1) is 22.9. The van der Waals surface area contributed by atoms with Crippen LogP contribution in [0.3, 0.4) is 0 Å². The van der Waals surface area contributed by atoms with Gasteiger partial charge >= 0.3 is 0 Å². The van der Waals surface area contributed by atoms with Crippen LogP contribution in [0.1, 0.15) is 23.8 Å².